The molecule has 132 valence electrons. The number of hydrogen-bond acceptors (Lipinski definition) is 6. The van der Waals surface area contributed by atoms with Crippen molar-refractivity contribution >= 4 is 23.5 Å². The molecule has 0 fully saturated rings. The van der Waals surface area contributed by atoms with Gasteiger partial charge in [0.05, 0.1) is 21.3 Å². The predicted molar refractivity (Wildman–Crippen MR) is 80.6 cm³/mol. The summed E-state index contributed by atoms with van der Waals surface area (Å²) < 4.78 is 51.2. The Hall–Kier alpha value is -1.90. The minimum Gasteiger partial charge on any atom is -0.493 e. The van der Waals surface area contributed by atoms with Gasteiger partial charge in [0.25, 0.3) is 0 Å². The molecule has 0 spiro atoms. The second kappa shape index (κ2) is 6.54. The van der Waals surface area contributed by atoms with Crippen LogP contribution < -0.4 is 9.47 Å². The monoisotopic (exact) mass is 364 g/mol. The lowest BCUT2D eigenvalue weighted by molar-refractivity contribution is -0.142. The lowest BCUT2D eigenvalue weighted by Gasteiger charge is -2.34. The van der Waals surface area contributed by atoms with E-state index in [1.165, 1.54) is 26.4 Å². The van der Waals surface area contributed by atoms with Crippen molar-refractivity contribution in [3.05, 3.63) is 23.3 Å². The van der Waals surface area contributed by atoms with E-state index in [4.69, 9.17) is 9.47 Å². The summed E-state index contributed by atoms with van der Waals surface area (Å²) in [4.78, 5) is 24.8. The molecule has 1 aliphatic rings. The Morgan fingerprint density at radius 1 is 1.17 bits per heavy atom. The molecule has 0 radical (unpaired) electrons. The number of carbonyl (C=O) groups excluding carboxylic acids is 2. The van der Waals surface area contributed by atoms with Crippen LogP contribution in [0.25, 0.3) is 0 Å². The molecule has 9 heteroatoms. The summed E-state index contributed by atoms with van der Waals surface area (Å²) in [6, 6.07) is 2.83. The molecule has 0 saturated carbocycles. The Bertz CT molecular complexity index is 674. The molecule has 0 bridgehead atoms. The van der Waals surface area contributed by atoms with Crippen LogP contribution in [-0.2, 0) is 16.0 Å². The van der Waals surface area contributed by atoms with Crippen LogP contribution in [0.3, 0.4) is 0 Å². The van der Waals surface area contributed by atoms with Crippen LogP contribution in [-0.4, -0.2) is 43.3 Å². The molecule has 5 nitrogen and oxygen atoms in total. The summed E-state index contributed by atoms with van der Waals surface area (Å²) in [7, 11) is 3.71. The number of ether oxygens (including phenoxy) is 3. The Morgan fingerprint density at radius 3 is 2.25 bits per heavy atom. The maximum atomic E-state index is 13.0. The summed E-state index contributed by atoms with van der Waals surface area (Å²) in [5, 5.41) is 0. The van der Waals surface area contributed by atoms with E-state index in [9.17, 15) is 22.8 Å². The van der Waals surface area contributed by atoms with Gasteiger partial charge in [-0.15, -0.1) is 0 Å². The van der Waals surface area contributed by atoms with Crippen molar-refractivity contribution in [1.82, 2.24) is 0 Å². The number of methoxy groups -OCH3 is 3. The van der Waals surface area contributed by atoms with E-state index >= 15 is 0 Å². The van der Waals surface area contributed by atoms with Gasteiger partial charge >= 0.3 is 11.5 Å². The summed E-state index contributed by atoms with van der Waals surface area (Å²) in [6.07, 6.45) is -0.217. The molecular formula is C15H15F3O5S. The van der Waals surface area contributed by atoms with E-state index in [1.54, 1.807) is 0 Å². The van der Waals surface area contributed by atoms with E-state index in [2.05, 4.69) is 4.74 Å². The molecule has 1 aromatic carbocycles. The largest absolute Gasteiger partial charge is 0.493 e. The normalized spacial score (nSPS) is 20.3. The molecule has 1 atom stereocenters. The van der Waals surface area contributed by atoms with Crippen molar-refractivity contribution in [3.63, 3.8) is 0 Å². The number of rotatable bonds is 4. The number of Topliss-reactive ketones (excluding diaryl/α,β-unsaturated/α-hetero) is 1. The van der Waals surface area contributed by atoms with E-state index < -0.39 is 33.8 Å². The highest BCUT2D eigenvalue weighted by atomic mass is 32.2. The van der Waals surface area contributed by atoms with Crippen LogP contribution in [0.5, 0.6) is 11.5 Å². The molecule has 1 aromatic rings. The van der Waals surface area contributed by atoms with Gasteiger partial charge in [0.15, 0.2) is 22.0 Å². The Kier molecular flexibility index (Phi) is 5.03. The number of halogens is 3. The van der Waals surface area contributed by atoms with E-state index in [1.807, 2.05) is 0 Å². The minimum atomic E-state index is -4.77. The number of alkyl halides is 3. The molecule has 1 aliphatic carbocycles. The van der Waals surface area contributed by atoms with E-state index in [-0.39, 0.29) is 24.2 Å². The number of benzene rings is 1. The third-order valence-electron chi connectivity index (χ3n) is 3.77. The lowest BCUT2D eigenvalue weighted by atomic mass is 9.81. The van der Waals surface area contributed by atoms with Gasteiger partial charge in [-0.1, -0.05) is 0 Å². The smallest absolute Gasteiger partial charge is 0.443 e. The maximum absolute atomic E-state index is 13.0. The Balaban J connectivity index is 2.57. The molecule has 0 unspecified atom stereocenters. The standard InChI is InChI=1S/C15H15F3O5S/c1-21-10-6-8-4-5-14(13(20)23-3,24-15(16,17)18)12(19)9(8)7-11(10)22-2/h6-7H,4-5H2,1-3H3/t14-/m1/s1. The number of ketones is 1. The molecule has 24 heavy (non-hydrogen) atoms. The zero-order chi connectivity index (χ0) is 18.1. The van der Waals surface area contributed by atoms with E-state index in [0.717, 1.165) is 7.11 Å². The van der Waals surface area contributed by atoms with Gasteiger partial charge in [-0.05, 0) is 42.3 Å². The van der Waals surface area contributed by atoms with Gasteiger partial charge < -0.3 is 14.2 Å². The topological polar surface area (TPSA) is 61.8 Å². The predicted octanol–water partition coefficient (Wildman–Crippen LogP) is 3.00. The van der Waals surface area contributed by atoms with Crippen LogP contribution in [0.2, 0.25) is 0 Å². The van der Waals surface area contributed by atoms with Gasteiger partial charge in [0, 0.05) is 5.56 Å². The summed E-state index contributed by atoms with van der Waals surface area (Å²) in [5.74, 6) is -1.60. The number of aryl methyl sites for hydroxylation is 1. The van der Waals surface area contributed by atoms with Crippen molar-refractivity contribution in [3.8, 4) is 11.5 Å². The van der Waals surface area contributed by atoms with Crippen molar-refractivity contribution < 1.29 is 37.0 Å². The zero-order valence-electron chi connectivity index (χ0n) is 13.2. The maximum Gasteiger partial charge on any atom is 0.443 e. The van der Waals surface area contributed by atoms with Gasteiger partial charge in [-0.2, -0.15) is 13.2 Å². The first-order valence-corrected chi connectivity index (χ1v) is 7.65. The number of hydrogen-bond donors (Lipinski definition) is 0. The highest BCUT2D eigenvalue weighted by molar-refractivity contribution is 8.03. The number of fused-ring (bicyclic) bond motifs is 1. The fraction of sp³-hybridized carbons (Fsp3) is 0.467. The van der Waals surface area contributed by atoms with Gasteiger partial charge in [-0.25, -0.2) is 0 Å². The van der Waals surface area contributed by atoms with Crippen LogP contribution in [0, 0.1) is 0 Å². The van der Waals surface area contributed by atoms with Crippen molar-refractivity contribution in [2.75, 3.05) is 21.3 Å². The molecule has 0 saturated heterocycles. The molecule has 0 amide bonds. The fourth-order valence-electron chi connectivity index (χ4n) is 2.68. The summed E-state index contributed by atoms with van der Waals surface area (Å²) >= 11 is -0.643. The van der Waals surface area contributed by atoms with Crippen molar-refractivity contribution in [2.45, 2.75) is 23.1 Å². The van der Waals surface area contributed by atoms with E-state index in [0.29, 0.717) is 11.3 Å². The molecular weight excluding hydrogens is 349 g/mol. The van der Waals surface area contributed by atoms with Gasteiger partial charge in [0.1, 0.15) is 0 Å². The lowest BCUT2D eigenvalue weighted by Crippen LogP contribution is -2.49. The SMILES string of the molecule is COC(=O)[C@@]1(SC(F)(F)F)CCc2cc(OC)c(OC)cc2C1=O. The Morgan fingerprint density at radius 2 is 1.75 bits per heavy atom. The number of thioether (sulfide) groups is 1. The first-order chi connectivity index (χ1) is 11.2. The average Bonchev–Trinajstić information content (AvgIpc) is 2.54. The van der Waals surface area contributed by atoms with Crippen molar-refractivity contribution in [1.29, 1.82) is 0 Å². The van der Waals surface area contributed by atoms with Crippen LogP contribution in [0.4, 0.5) is 13.2 Å². The van der Waals surface area contributed by atoms with Crippen LogP contribution in [0.1, 0.15) is 22.3 Å². The first kappa shape index (κ1) is 18.4. The summed E-state index contributed by atoms with van der Waals surface area (Å²) in [6.45, 7) is 0. The van der Waals surface area contributed by atoms with Gasteiger partial charge in [-0.3, -0.25) is 9.59 Å². The fourth-order valence-corrected chi connectivity index (χ4v) is 3.65. The minimum absolute atomic E-state index is 0.000972. The molecule has 0 aliphatic heterocycles. The zero-order valence-corrected chi connectivity index (χ0v) is 14.0. The number of esters is 1. The second-order valence-corrected chi connectivity index (χ2v) is 6.42. The average molecular weight is 364 g/mol. The first-order valence-electron chi connectivity index (χ1n) is 6.83. The highest BCUT2D eigenvalue weighted by Gasteiger charge is 2.57. The van der Waals surface area contributed by atoms with Gasteiger partial charge in [0.2, 0.25) is 0 Å². The molecule has 2 rings (SSSR count). The highest BCUT2D eigenvalue weighted by Crippen LogP contribution is 2.49. The molecule has 0 N–H and O–H groups in total. The second-order valence-electron chi connectivity index (χ2n) is 5.06. The third kappa shape index (κ3) is 3.17. The molecule has 0 heterocycles. The number of carbonyl (C=O) groups is 2. The Labute approximate surface area is 140 Å². The third-order valence-corrected chi connectivity index (χ3v) is 4.91. The van der Waals surface area contributed by atoms with Crippen LogP contribution >= 0.6 is 11.8 Å². The summed E-state index contributed by atoms with van der Waals surface area (Å²) in [5.41, 5.74) is -4.27. The van der Waals surface area contributed by atoms with Crippen LogP contribution in [0.15, 0.2) is 12.1 Å². The molecule has 0 aromatic heterocycles. The quantitative estimate of drug-likeness (QED) is 0.605. The van der Waals surface area contributed by atoms with Crippen molar-refractivity contribution in [2.24, 2.45) is 0 Å².